The van der Waals surface area contributed by atoms with E-state index in [4.69, 9.17) is 14.0 Å². The molecule has 0 unspecified atom stereocenters. The highest BCUT2D eigenvalue weighted by Gasteiger charge is 2.20. The molecule has 8 nitrogen and oxygen atoms in total. The second kappa shape index (κ2) is 8.09. The van der Waals surface area contributed by atoms with Crippen LogP contribution in [0.3, 0.4) is 0 Å². The molecule has 8 heteroatoms. The second-order valence-electron chi connectivity index (χ2n) is 5.12. The van der Waals surface area contributed by atoms with Crippen molar-refractivity contribution in [3.05, 3.63) is 46.8 Å². The fourth-order valence-electron chi connectivity index (χ4n) is 2.08. The van der Waals surface area contributed by atoms with Crippen LogP contribution < -0.4 is 5.32 Å². The molecule has 0 atom stereocenters. The molecule has 0 aliphatic heterocycles. The number of carbonyl (C=O) groups is 3. The third-order valence-electron chi connectivity index (χ3n) is 3.25. The fourth-order valence-corrected chi connectivity index (χ4v) is 2.08. The Balaban J connectivity index is 1.88. The van der Waals surface area contributed by atoms with Gasteiger partial charge < -0.3 is 19.3 Å². The molecule has 1 aromatic carbocycles. The van der Waals surface area contributed by atoms with E-state index in [9.17, 15) is 14.4 Å². The van der Waals surface area contributed by atoms with Gasteiger partial charge in [-0.25, -0.2) is 9.59 Å². The van der Waals surface area contributed by atoms with Gasteiger partial charge in [-0.3, -0.25) is 4.79 Å². The fraction of sp³-hybridized carbons (Fsp3) is 0.294. The van der Waals surface area contributed by atoms with E-state index in [0.29, 0.717) is 22.7 Å². The van der Waals surface area contributed by atoms with Gasteiger partial charge in [-0.05, 0) is 45.0 Å². The van der Waals surface area contributed by atoms with Crippen LogP contribution in [0.1, 0.15) is 39.1 Å². The Morgan fingerprint density at radius 1 is 1.08 bits per heavy atom. The topological polar surface area (TPSA) is 108 Å². The monoisotopic (exact) mass is 346 g/mol. The highest BCUT2D eigenvalue weighted by atomic mass is 16.5. The minimum Gasteiger partial charge on any atom is -0.462 e. The average Bonchev–Trinajstić information content (AvgIpc) is 2.92. The van der Waals surface area contributed by atoms with Crippen LogP contribution in [0, 0.1) is 13.8 Å². The zero-order valence-electron chi connectivity index (χ0n) is 14.1. The Morgan fingerprint density at radius 3 is 2.32 bits per heavy atom. The summed E-state index contributed by atoms with van der Waals surface area (Å²) in [5.41, 5.74) is 1.46. The molecule has 0 aliphatic rings. The second-order valence-corrected chi connectivity index (χ2v) is 5.12. The molecule has 0 fully saturated rings. The molecule has 1 aromatic heterocycles. The van der Waals surface area contributed by atoms with Crippen molar-refractivity contribution in [1.29, 1.82) is 0 Å². The molecular weight excluding hydrogens is 328 g/mol. The lowest BCUT2D eigenvalue weighted by molar-refractivity contribution is -0.119. The van der Waals surface area contributed by atoms with Gasteiger partial charge >= 0.3 is 11.9 Å². The lowest BCUT2D eigenvalue weighted by Gasteiger charge is -2.07. The van der Waals surface area contributed by atoms with Crippen LogP contribution in [-0.2, 0) is 14.3 Å². The first kappa shape index (κ1) is 18.2. The largest absolute Gasteiger partial charge is 0.462 e. The van der Waals surface area contributed by atoms with Crippen molar-refractivity contribution in [2.75, 3.05) is 18.5 Å². The van der Waals surface area contributed by atoms with Gasteiger partial charge in [-0.15, -0.1) is 0 Å². The quantitative estimate of drug-likeness (QED) is 0.799. The predicted octanol–water partition coefficient (Wildman–Crippen LogP) is 2.26. The molecule has 1 N–H and O–H groups in total. The first-order chi connectivity index (χ1) is 11.9. The zero-order valence-corrected chi connectivity index (χ0v) is 14.1. The number of anilines is 1. The van der Waals surface area contributed by atoms with E-state index in [1.165, 1.54) is 12.1 Å². The van der Waals surface area contributed by atoms with Crippen molar-refractivity contribution in [2.45, 2.75) is 20.8 Å². The summed E-state index contributed by atoms with van der Waals surface area (Å²) in [7, 11) is 0. The lowest BCUT2D eigenvalue weighted by atomic mass is 10.2. The van der Waals surface area contributed by atoms with Gasteiger partial charge in [-0.2, -0.15) is 0 Å². The number of nitrogens with zero attached hydrogens (tertiary/aromatic N) is 1. The maximum atomic E-state index is 11.9. The van der Waals surface area contributed by atoms with Gasteiger partial charge in [0.15, 0.2) is 6.61 Å². The number of ether oxygens (including phenoxy) is 2. The first-order valence-corrected chi connectivity index (χ1v) is 7.59. The summed E-state index contributed by atoms with van der Waals surface area (Å²) in [4.78, 5) is 35.3. The van der Waals surface area contributed by atoms with Crippen LogP contribution in [-0.4, -0.2) is 36.2 Å². The number of esters is 2. The number of aryl methyl sites for hydroxylation is 2. The number of rotatable bonds is 6. The number of aromatic nitrogens is 1. The molecule has 0 spiro atoms. The maximum absolute atomic E-state index is 11.9. The summed E-state index contributed by atoms with van der Waals surface area (Å²) in [6, 6.07) is 6.17. The highest BCUT2D eigenvalue weighted by molar-refractivity contribution is 5.96. The van der Waals surface area contributed by atoms with Crippen molar-refractivity contribution in [1.82, 2.24) is 5.16 Å². The molecular formula is C17H18N2O6. The molecule has 0 saturated heterocycles. The zero-order chi connectivity index (χ0) is 18.4. The van der Waals surface area contributed by atoms with E-state index < -0.39 is 24.5 Å². The van der Waals surface area contributed by atoms with Gasteiger partial charge in [-0.1, -0.05) is 5.16 Å². The van der Waals surface area contributed by atoms with Crippen LogP contribution in [0.25, 0.3) is 0 Å². The van der Waals surface area contributed by atoms with E-state index in [2.05, 4.69) is 10.5 Å². The minimum atomic E-state index is -0.677. The van der Waals surface area contributed by atoms with Crippen LogP contribution in [0.2, 0.25) is 0 Å². The molecule has 0 radical (unpaired) electrons. The van der Waals surface area contributed by atoms with Crippen LogP contribution in [0.5, 0.6) is 0 Å². The van der Waals surface area contributed by atoms with Gasteiger partial charge in [0, 0.05) is 5.69 Å². The molecule has 0 bridgehead atoms. The highest BCUT2D eigenvalue weighted by Crippen LogP contribution is 2.14. The molecule has 0 aliphatic carbocycles. The summed E-state index contributed by atoms with van der Waals surface area (Å²) in [5, 5.41) is 6.22. The summed E-state index contributed by atoms with van der Waals surface area (Å²) in [6.07, 6.45) is 0. The summed E-state index contributed by atoms with van der Waals surface area (Å²) in [6.45, 7) is 4.74. The lowest BCUT2D eigenvalue weighted by Crippen LogP contribution is -2.21. The molecule has 132 valence electrons. The summed E-state index contributed by atoms with van der Waals surface area (Å²) < 4.78 is 14.7. The Hall–Kier alpha value is -3.16. The van der Waals surface area contributed by atoms with E-state index in [-0.39, 0.29) is 12.2 Å². The predicted molar refractivity (Wildman–Crippen MR) is 87.3 cm³/mol. The first-order valence-electron chi connectivity index (χ1n) is 7.59. The Bertz CT molecular complexity index is 759. The number of benzene rings is 1. The van der Waals surface area contributed by atoms with Crippen molar-refractivity contribution in [3.63, 3.8) is 0 Å². The van der Waals surface area contributed by atoms with E-state index >= 15 is 0 Å². The maximum Gasteiger partial charge on any atom is 0.344 e. The molecule has 0 saturated carbocycles. The molecule has 2 rings (SSSR count). The third-order valence-corrected chi connectivity index (χ3v) is 3.25. The standard InChI is InChI=1S/C17H18N2O6/c1-4-23-16(21)12-5-7-13(8-6-12)18-14(20)9-24-17(22)15-10(2)19-25-11(15)3/h5-8H,4,9H2,1-3H3,(H,18,20). The molecule has 2 aromatic rings. The Labute approximate surface area is 144 Å². The normalized spacial score (nSPS) is 10.2. The Morgan fingerprint density at radius 2 is 1.76 bits per heavy atom. The smallest absolute Gasteiger partial charge is 0.344 e. The van der Waals surface area contributed by atoms with Crippen molar-refractivity contribution >= 4 is 23.5 Å². The average molecular weight is 346 g/mol. The SMILES string of the molecule is CCOC(=O)c1ccc(NC(=O)COC(=O)c2c(C)noc2C)cc1. The van der Waals surface area contributed by atoms with Gasteiger partial charge in [0.2, 0.25) is 0 Å². The van der Waals surface area contributed by atoms with Crippen molar-refractivity contribution < 1.29 is 28.4 Å². The summed E-state index contributed by atoms with van der Waals surface area (Å²) >= 11 is 0. The number of amides is 1. The van der Waals surface area contributed by atoms with Crippen LogP contribution in [0.4, 0.5) is 5.69 Å². The number of hydrogen-bond acceptors (Lipinski definition) is 7. The summed E-state index contributed by atoms with van der Waals surface area (Å²) in [5.74, 6) is -1.29. The van der Waals surface area contributed by atoms with Crippen LogP contribution >= 0.6 is 0 Å². The van der Waals surface area contributed by atoms with Gasteiger partial charge in [0.25, 0.3) is 5.91 Å². The van der Waals surface area contributed by atoms with E-state index in [0.717, 1.165) is 0 Å². The van der Waals surface area contributed by atoms with Gasteiger partial charge in [0.05, 0.1) is 17.9 Å². The number of nitrogens with one attached hydrogen (secondary N) is 1. The van der Waals surface area contributed by atoms with Crippen LogP contribution in [0.15, 0.2) is 28.8 Å². The number of hydrogen-bond donors (Lipinski definition) is 1. The molecule has 1 amide bonds. The Kier molecular flexibility index (Phi) is 5.89. The third kappa shape index (κ3) is 4.66. The van der Waals surface area contributed by atoms with Crippen molar-refractivity contribution in [3.8, 4) is 0 Å². The van der Waals surface area contributed by atoms with E-state index in [1.54, 1.807) is 32.9 Å². The molecule has 25 heavy (non-hydrogen) atoms. The van der Waals surface area contributed by atoms with Gasteiger partial charge in [0.1, 0.15) is 11.3 Å². The minimum absolute atomic E-state index is 0.214. The number of carbonyl (C=O) groups excluding carboxylic acids is 3. The van der Waals surface area contributed by atoms with Crippen molar-refractivity contribution in [2.24, 2.45) is 0 Å². The molecule has 1 heterocycles. The van der Waals surface area contributed by atoms with E-state index in [1.807, 2.05) is 0 Å².